The van der Waals surface area contributed by atoms with E-state index in [4.69, 9.17) is 11.5 Å². The van der Waals surface area contributed by atoms with Gasteiger partial charge in [0, 0.05) is 23.9 Å². The van der Waals surface area contributed by atoms with Crippen molar-refractivity contribution < 1.29 is 0 Å². The summed E-state index contributed by atoms with van der Waals surface area (Å²) in [6.45, 7) is 8.66. The van der Waals surface area contributed by atoms with E-state index < -0.39 is 0 Å². The van der Waals surface area contributed by atoms with Crippen LogP contribution >= 0.6 is 0 Å². The third-order valence-corrected chi connectivity index (χ3v) is 4.59. The Kier molecular flexibility index (Phi) is 6.66. The van der Waals surface area contributed by atoms with E-state index in [0.29, 0.717) is 11.5 Å². The van der Waals surface area contributed by atoms with E-state index in [1.165, 1.54) is 50.0 Å². The molecule has 1 fully saturated rings. The molecule has 0 bridgehead atoms. The van der Waals surface area contributed by atoms with Gasteiger partial charge in [0.15, 0.2) is 0 Å². The summed E-state index contributed by atoms with van der Waals surface area (Å²) in [5.74, 6) is 0.518. The first-order valence-electron chi connectivity index (χ1n) is 8.64. The van der Waals surface area contributed by atoms with Gasteiger partial charge >= 0.3 is 0 Å². The van der Waals surface area contributed by atoms with Gasteiger partial charge in [-0.1, -0.05) is 18.2 Å². The van der Waals surface area contributed by atoms with Crippen molar-refractivity contribution in [3.05, 3.63) is 41.0 Å². The molecule has 2 rings (SSSR count). The van der Waals surface area contributed by atoms with Crippen LogP contribution in [0.4, 0.5) is 0 Å². The monoisotopic (exact) mass is 314 g/mol. The van der Waals surface area contributed by atoms with Crippen LogP contribution in [-0.2, 0) is 0 Å². The first-order valence-corrected chi connectivity index (χ1v) is 8.64. The Labute approximate surface area is 140 Å². The van der Waals surface area contributed by atoms with Crippen molar-refractivity contribution in [1.82, 2.24) is 4.90 Å². The average Bonchev–Trinajstić information content (AvgIpc) is 3.03. The molecule has 0 aromatic heterocycles. The Hall–Kier alpha value is -1.81. The van der Waals surface area contributed by atoms with Gasteiger partial charge in [-0.25, -0.2) is 0 Å². The van der Waals surface area contributed by atoms with Gasteiger partial charge in [-0.3, -0.25) is 4.99 Å². The fraction of sp³-hybridized carbons (Fsp3) is 0.526. The molecule has 23 heavy (non-hydrogen) atoms. The fourth-order valence-electron chi connectivity index (χ4n) is 3.01. The molecule has 4 heteroatoms. The number of hydrogen-bond donors (Lipinski definition) is 2. The summed E-state index contributed by atoms with van der Waals surface area (Å²) < 4.78 is 0. The summed E-state index contributed by atoms with van der Waals surface area (Å²) in [5, 5.41) is 0. The van der Waals surface area contributed by atoms with E-state index in [1.54, 1.807) is 6.08 Å². The largest absolute Gasteiger partial charge is 0.398 e. The molecular formula is C19H30N4. The highest BCUT2D eigenvalue weighted by Crippen LogP contribution is 2.17. The van der Waals surface area contributed by atoms with Crippen molar-refractivity contribution in [1.29, 1.82) is 0 Å². The van der Waals surface area contributed by atoms with Crippen molar-refractivity contribution in [3.63, 3.8) is 0 Å². The lowest BCUT2D eigenvalue weighted by Crippen LogP contribution is -2.20. The van der Waals surface area contributed by atoms with Gasteiger partial charge in [0.2, 0.25) is 0 Å². The van der Waals surface area contributed by atoms with Crippen LogP contribution in [0.25, 0.3) is 5.70 Å². The molecular weight excluding hydrogens is 284 g/mol. The third kappa shape index (κ3) is 5.39. The number of likely N-dealkylation sites (tertiary alicyclic amines) is 1. The zero-order valence-corrected chi connectivity index (χ0v) is 14.5. The van der Waals surface area contributed by atoms with Gasteiger partial charge in [0.05, 0.1) is 0 Å². The lowest BCUT2D eigenvalue weighted by Gasteiger charge is -2.13. The van der Waals surface area contributed by atoms with Gasteiger partial charge in [-0.15, -0.1) is 0 Å². The summed E-state index contributed by atoms with van der Waals surface area (Å²) in [5.41, 5.74) is 16.3. The Morgan fingerprint density at radius 3 is 2.65 bits per heavy atom. The van der Waals surface area contributed by atoms with Crippen LogP contribution in [0.15, 0.2) is 29.3 Å². The minimum atomic E-state index is 0.518. The fourth-order valence-corrected chi connectivity index (χ4v) is 3.01. The topological polar surface area (TPSA) is 67.6 Å². The molecule has 0 amide bonds. The van der Waals surface area contributed by atoms with E-state index >= 15 is 0 Å². The molecule has 0 radical (unpaired) electrons. The maximum atomic E-state index is 6.17. The highest BCUT2D eigenvalue weighted by Gasteiger charge is 2.09. The predicted octanol–water partition coefficient (Wildman–Crippen LogP) is 2.84. The van der Waals surface area contributed by atoms with E-state index in [1.807, 2.05) is 12.1 Å². The summed E-state index contributed by atoms with van der Waals surface area (Å²) in [4.78, 5) is 6.96. The quantitative estimate of drug-likeness (QED) is 0.462. The molecule has 1 aliphatic rings. The second-order valence-electron chi connectivity index (χ2n) is 6.41. The highest BCUT2D eigenvalue weighted by molar-refractivity contribution is 5.97. The number of rotatable bonds is 7. The standard InChI is InChI=1S/C19H30N4/c1-15-8-7-9-17(16(15)2)18(20)14-19(21)22-10-3-4-11-23-12-5-6-13-23/h7-9,14H,3-6,10-13,20H2,1-2H3,(H2,21,22)/b18-14-. The first kappa shape index (κ1) is 17.5. The minimum Gasteiger partial charge on any atom is -0.398 e. The molecule has 4 N–H and O–H groups in total. The van der Waals surface area contributed by atoms with Gasteiger partial charge in [0.25, 0.3) is 0 Å². The van der Waals surface area contributed by atoms with Crippen molar-refractivity contribution in [3.8, 4) is 0 Å². The number of aliphatic imine (C=N–C) groups is 1. The minimum absolute atomic E-state index is 0.518. The van der Waals surface area contributed by atoms with Gasteiger partial charge in [0.1, 0.15) is 5.84 Å². The van der Waals surface area contributed by atoms with Crippen LogP contribution in [0.2, 0.25) is 0 Å². The predicted molar refractivity (Wildman–Crippen MR) is 99.5 cm³/mol. The second-order valence-corrected chi connectivity index (χ2v) is 6.41. The molecule has 4 nitrogen and oxygen atoms in total. The molecule has 126 valence electrons. The number of nitrogens with zero attached hydrogens (tertiary/aromatic N) is 2. The molecule has 0 unspecified atom stereocenters. The number of benzene rings is 1. The molecule has 1 aromatic rings. The SMILES string of the molecule is Cc1cccc(/C(N)=C/C(N)=NCCCCN2CCCC2)c1C. The highest BCUT2D eigenvalue weighted by atomic mass is 15.1. The van der Waals surface area contributed by atoms with Crippen LogP contribution in [0.5, 0.6) is 0 Å². The van der Waals surface area contributed by atoms with Crippen LogP contribution in [0.1, 0.15) is 42.4 Å². The molecule has 1 aromatic carbocycles. The van der Waals surface area contributed by atoms with Crippen LogP contribution in [0, 0.1) is 13.8 Å². The van der Waals surface area contributed by atoms with Crippen LogP contribution in [0.3, 0.4) is 0 Å². The molecule has 1 heterocycles. The Bertz CT molecular complexity index is 569. The molecule has 0 spiro atoms. The van der Waals surface area contributed by atoms with Gasteiger partial charge < -0.3 is 16.4 Å². The number of aryl methyl sites for hydroxylation is 1. The summed E-state index contributed by atoms with van der Waals surface area (Å²) >= 11 is 0. The van der Waals surface area contributed by atoms with Gasteiger partial charge in [-0.2, -0.15) is 0 Å². The molecule has 1 aliphatic heterocycles. The number of unbranched alkanes of at least 4 members (excludes halogenated alkanes) is 1. The number of amidine groups is 1. The lowest BCUT2D eigenvalue weighted by atomic mass is 10.0. The Morgan fingerprint density at radius 2 is 1.91 bits per heavy atom. The van der Waals surface area contributed by atoms with E-state index in [9.17, 15) is 0 Å². The summed E-state index contributed by atoms with van der Waals surface area (Å²) in [7, 11) is 0. The summed E-state index contributed by atoms with van der Waals surface area (Å²) in [6, 6.07) is 6.13. The zero-order valence-electron chi connectivity index (χ0n) is 14.5. The lowest BCUT2D eigenvalue weighted by molar-refractivity contribution is 0.331. The van der Waals surface area contributed by atoms with Crippen molar-refractivity contribution >= 4 is 11.5 Å². The maximum Gasteiger partial charge on any atom is 0.120 e. The second kappa shape index (κ2) is 8.73. The maximum absolute atomic E-state index is 6.17. The Morgan fingerprint density at radius 1 is 1.17 bits per heavy atom. The molecule has 0 atom stereocenters. The van der Waals surface area contributed by atoms with Crippen molar-refractivity contribution in [2.45, 2.75) is 39.5 Å². The van der Waals surface area contributed by atoms with Crippen LogP contribution < -0.4 is 11.5 Å². The summed E-state index contributed by atoms with van der Waals surface area (Å²) in [6.07, 6.45) is 6.75. The van der Waals surface area contributed by atoms with Crippen molar-refractivity contribution in [2.24, 2.45) is 16.5 Å². The number of nitrogens with two attached hydrogens (primary N) is 2. The van der Waals surface area contributed by atoms with Crippen molar-refractivity contribution in [2.75, 3.05) is 26.2 Å². The first-order chi connectivity index (χ1) is 11.1. The molecule has 0 aliphatic carbocycles. The number of hydrogen-bond acceptors (Lipinski definition) is 3. The Balaban J connectivity index is 1.81. The van der Waals surface area contributed by atoms with Crippen LogP contribution in [-0.4, -0.2) is 36.9 Å². The molecule has 0 saturated carbocycles. The van der Waals surface area contributed by atoms with E-state index in [2.05, 4.69) is 29.8 Å². The smallest absolute Gasteiger partial charge is 0.120 e. The van der Waals surface area contributed by atoms with Gasteiger partial charge in [-0.05, 0) is 70.3 Å². The normalized spacial score (nSPS) is 17.0. The van der Waals surface area contributed by atoms with E-state index in [-0.39, 0.29) is 0 Å². The van der Waals surface area contributed by atoms with E-state index in [0.717, 1.165) is 18.5 Å². The average molecular weight is 314 g/mol. The zero-order chi connectivity index (χ0) is 16.7. The third-order valence-electron chi connectivity index (χ3n) is 4.59. The molecule has 1 saturated heterocycles.